The summed E-state index contributed by atoms with van der Waals surface area (Å²) >= 11 is 1.11. The average molecular weight is 335 g/mol. The van der Waals surface area contributed by atoms with Gasteiger partial charge in [-0.1, -0.05) is 49.0 Å². The highest BCUT2D eigenvalue weighted by atomic mass is 32.2. The largest absolute Gasteiger partial charge is 0.480 e. The van der Waals surface area contributed by atoms with Crippen molar-refractivity contribution in [2.45, 2.75) is 32.2 Å². The number of piperidine rings is 1. The van der Waals surface area contributed by atoms with Gasteiger partial charge in [0, 0.05) is 23.8 Å². The topological polar surface area (TPSA) is 74.7 Å². The molecule has 6 heteroatoms. The number of hydrogen-bond donors (Lipinski definition) is 1. The van der Waals surface area contributed by atoms with E-state index in [1.54, 1.807) is 31.2 Å². The molecule has 1 amide bonds. The number of likely N-dealkylation sites (tertiary alicyclic amines) is 1. The van der Waals surface area contributed by atoms with Gasteiger partial charge < -0.3 is 10.0 Å². The van der Waals surface area contributed by atoms with Crippen molar-refractivity contribution in [1.82, 2.24) is 4.90 Å². The molecule has 0 radical (unpaired) electrons. The predicted molar refractivity (Wildman–Crippen MR) is 89.4 cm³/mol. The normalized spacial score (nSPS) is 19.2. The Morgan fingerprint density at radius 2 is 1.96 bits per heavy atom. The molecule has 1 aliphatic heterocycles. The summed E-state index contributed by atoms with van der Waals surface area (Å²) in [6.07, 6.45) is 2.17. The fourth-order valence-corrected chi connectivity index (χ4v) is 3.51. The molecule has 0 saturated carbocycles. The number of carbonyl (C=O) groups excluding carboxylic acids is 2. The minimum Gasteiger partial charge on any atom is -0.480 e. The smallest absolute Gasteiger partial charge is 0.326 e. The van der Waals surface area contributed by atoms with Crippen molar-refractivity contribution in [1.29, 1.82) is 0 Å². The van der Waals surface area contributed by atoms with E-state index < -0.39 is 12.0 Å². The zero-order valence-corrected chi connectivity index (χ0v) is 13.9. The maximum absolute atomic E-state index is 12.5. The van der Waals surface area contributed by atoms with E-state index in [4.69, 9.17) is 0 Å². The molecule has 1 heterocycles. The monoisotopic (exact) mass is 335 g/mol. The summed E-state index contributed by atoms with van der Waals surface area (Å²) in [6, 6.07) is 8.20. The molecule has 0 spiro atoms. The Morgan fingerprint density at radius 3 is 2.61 bits per heavy atom. The van der Waals surface area contributed by atoms with Crippen LogP contribution in [0.2, 0.25) is 0 Å². The van der Waals surface area contributed by atoms with Gasteiger partial charge in [0.05, 0.1) is 0 Å². The lowest BCUT2D eigenvalue weighted by Gasteiger charge is -2.34. The molecular formula is C17H21NO4S. The van der Waals surface area contributed by atoms with E-state index in [1.165, 1.54) is 4.90 Å². The van der Waals surface area contributed by atoms with E-state index in [9.17, 15) is 19.5 Å². The third kappa shape index (κ3) is 4.58. The van der Waals surface area contributed by atoms with Crippen molar-refractivity contribution in [3.8, 4) is 0 Å². The molecular weight excluding hydrogens is 314 g/mol. The second-order valence-electron chi connectivity index (χ2n) is 5.75. The summed E-state index contributed by atoms with van der Waals surface area (Å²) in [5.41, 5.74) is 0.610. The van der Waals surface area contributed by atoms with Gasteiger partial charge >= 0.3 is 5.97 Å². The van der Waals surface area contributed by atoms with Crippen molar-refractivity contribution in [2.75, 3.05) is 12.3 Å². The average Bonchev–Trinajstić information content (AvgIpc) is 2.59. The first-order valence-corrected chi connectivity index (χ1v) is 8.74. The minimum absolute atomic E-state index is 0.0707. The number of aliphatic carboxylic acids is 1. The van der Waals surface area contributed by atoms with E-state index in [0.717, 1.165) is 24.6 Å². The van der Waals surface area contributed by atoms with Crippen molar-refractivity contribution in [3.05, 3.63) is 35.9 Å². The van der Waals surface area contributed by atoms with Crippen LogP contribution in [0.15, 0.2) is 30.3 Å². The molecule has 1 aromatic rings. The van der Waals surface area contributed by atoms with Crippen LogP contribution in [0.5, 0.6) is 0 Å². The number of carboxylic acids is 1. The summed E-state index contributed by atoms with van der Waals surface area (Å²) < 4.78 is 0. The molecule has 1 N–H and O–H groups in total. The summed E-state index contributed by atoms with van der Waals surface area (Å²) in [5.74, 6) is -1.15. The number of thioether (sulfide) groups is 1. The Labute approximate surface area is 140 Å². The summed E-state index contributed by atoms with van der Waals surface area (Å²) in [6.45, 7) is 2.23. The number of benzene rings is 1. The third-order valence-electron chi connectivity index (χ3n) is 3.97. The lowest BCUT2D eigenvalue weighted by molar-refractivity contribution is -0.153. The maximum atomic E-state index is 12.5. The molecule has 1 aromatic carbocycles. The van der Waals surface area contributed by atoms with Gasteiger partial charge in [-0.3, -0.25) is 9.59 Å². The van der Waals surface area contributed by atoms with E-state index in [2.05, 4.69) is 0 Å². The van der Waals surface area contributed by atoms with Crippen LogP contribution in [0.4, 0.5) is 0 Å². The third-order valence-corrected chi connectivity index (χ3v) is 5.13. The number of carbonyl (C=O) groups is 3. The SMILES string of the molecule is CC(CSC(=O)c1ccccc1)C(=O)N1CCCCC1C(=O)O. The lowest BCUT2D eigenvalue weighted by Crippen LogP contribution is -2.50. The van der Waals surface area contributed by atoms with Gasteiger partial charge in [-0.25, -0.2) is 4.79 Å². The Balaban J connectivity index is 1.91. The van der Waals surface area contributed by atoms with Crippen molar-refractivity contribution >= 4 is 28.8 Å². The zero-order chi connectivity index (χ0) is 16.8. The van der Waals surface area contributed by atoms with Gasteiger partial charge in [-0.05, 0) is 19.3 Å². The van der Waals surface area contributed by atoms with Crippen LogP contribution >= 0.6 is 11.8 Å². The van der Waals surface area contributed by atoms with Gasteiger partial charge in [-0.2, -0.15) is 0 Å². The molecule has 5 nitrogen and oxygen atoms in total. The minimum atomic E-state index is -0.946. The second kappa shape index (κ2) is 8.15. The lowest BCUT2D eigenvalue weighted by atomic mass is 10.0. The van der Waals surface area contributed by atoms with Gasteiger partial charge in [0.2, 0.25) is 11.0 Å². The van der Waals surface area contributed by atoms with E-state index in [1.807, 2.05) is 6.07 Å². The highest BCUT2D eigenvalue weighted by Gasteiger charge is 2.34. The fourth-order valence-electron chi connectivity index (χ4n) is 2.66. The number of nitrogens with zero attached hydrogens (tertiary/aromatic N) is 1. The van der Waals surface area contributed by atoms with E-state index >= 15 is 0 Å². The standard InChI is InChI=1S/C17H21NO4S/c1-12(11-23-17(22)13-7-3-2-4-8-13)15(19)18-10-6-5-9-14(18)16(20)21/h2-4,7-8,12,14H,5-6,9-11H2,1H3,(H,20,21). The summed E-state index contributed by atoms with van der Waals surface area (Å²) in [5, 5.41) is 9.18. The molecule has 1 saturated heterocycles. The molecule has 1 aliphatic rings. The van der Waals surface area contributed by atoms with Crippen molar-refractivity contribution in [3.63, 3.8) is 0 Å². The Kier molecular flexibility index (Phi) is 6.21. The maximum Gasteiger partial charge on any atom is 0.326 e. The predicted octanol–water partition coefficient (Wildman–Crippen LogP) is 2.66. The molecule has 0 bridgehead atoms. The van der Waals surface area contributed by atoms with Crippen molar-refractivity contribution < 1.29 is 19.5 Å². The molecule has 1 fully saturated rings. The van der Waals surface area contributed by atoms with Crippen LogP contribution in [0, 0.1) is 5.92 Å². The second-order valence-corrected chi connectivity index (χ2v) is 6.74. The molecule has 2 atom stereocenters. The first kappa shape index (κ1) is 17.5. The highest BCUT2D eigenvalue weighted by molar-refractivity contribution is 8.14. The number of rotatable bonds is 5. The summed E-state index contributed by atoms with van der Waals surface area (Å²) in [7, 11) is 0. The first-order valence-electron chi connectivity index (χ1n) is 7.76. The van der Waals surface area contributed by atoms with Gasteiger partial charge in [0.15, 0.2) is 0 Å². The Hall–Kier alpha value is -1.82. The molecule has 124 valence electrons. The molecule has 23 heavy (non-hydrogen) atoms. The quantitative estimate of drug-likeness (QED) is 0.895. The Morgan fingerprint density at radius 1 is 1.26 bits per heavy atom. The summed E-state index contributed by atoms with van der Waals surface area (Å²) in [4.78, 5) is 37.3. The Bertz CT molecular complexity index is 575. The van der Waals surface area contributed by atoms with Crippen LogP contribution in [0.3, 0.4) is 0 Å². The highest BCUT2D eigenvalue weighted by Crippen LogP contribution is 2.22. The van der Waals surface area contributed by atoms with E-state index in [0.29, 0.717) is 24.3 Å². The zero-order valence-electron chi connectivity index (χ0n) is 13.1. The molecule has 2 rings (SSSR count). The van der Waals surface area contributed by atoms with Crippen LogP contribution < -0.4 is 0 Å². The number of carboxylic acid groups (broad SMARTS) is 1. The molecule has 0 aliphatic carbocycles. The van der Waals surface area contributed by atoms with Gasteiger partial charge in [0.25, 0.3) is 0 Å². The first-order chi connectivity index (χ1) is 11.0. The van der Waals surface area contributed by atoms with Crippen LogP contribution in [-0.2, 0) is 9.59 Å². The van der Waals surface area contributed by atoms with Crippen LogP contribution in [0.1, 0.15) is 36.5 Å². The number of amides is 1. The van der Waals surface area contributed by atoms with E-state index in [-0.39, 0.29) is 16.9 Å². The molecule has 0 aromatic heterocycles. The van der Waals surface area contributed by atoms with Gasteiger partial charge in [0.1, 0.15) is 6.04 Å². The van der Waals surface area contributed by atoms with Crippen molar-refractivity contribution in [2.24, 2.45) is 5.92 Å². The number of hydrogen-bond acceptors (Lipinski definition) is 4. The van der Waals surface area contributed by atoms with Gasteiger partial charge in [-0.15, -0.1) is 0 Å². The van der Waals surface area contributed by atoms with Crippen LogP contribution in [-0.4, -0.2) is 45.3 Å². The molecule has 2 unspecified atom stereocenters. The van der Waals surface area contributed by atoms with Crippen LogP contribution in [0.25, 0.3) is 0 Å². The fraction of sp³-hybridized carbons (Fsp3) is 0.471.